The standard InChI is InChI=1S/C28H30N2O5/c31-24(29-16-27(25(32)33)10-5-11-27)28-13-17(28)12-18(14-28)30-26(34)35-15-23-21-8-3-1-6-19(21)20-7-2-4-9-22(20)23/h1-4,6-9,17-18,23H,5,10-16H2,(H,29,31)(H,30,34)(H,32,33)/t17-,18+,28+/m0/s1. The number of rotatable bonds is 7. The summed E-state index contributed by atoms with van der Waals surface area (Å²) in [4.78, 5) is 37.2. The molecule has 0 spiro atoms. The largest absolute Gasteiger partial charge is 0.481 e. The van der Waals surface area contributed by atoms with Crippen LogP contribution in [0.5, 0.6) is 0 Å². The number of hydrogen-bond donors (Lipinski definition) is 3. The van der Waals surface area contributed by atoms with Gasteiger partial charge in [0.15, 0.2) is 0 Å². The number of benzene rings is 2. The normalized spacial score (nSPS) is 27.1. The Kier molecular flexibility index (Phi) is 5.13. The lowest BCUT2D eigenvalue weighted by molar-refractivity contribution is -0.154. The van der Waals surface area contributed by atoms with Gasteiger partial charge in [-0.1, -0.05) is 55.0 Å². The molecule has 0 aromatic heterocycles. The summed E-state index contributed by atoms with van der Waals surface area (Å²) in [6.45, 7) is 0.457. The van der Waals surface area contributed by atoms with Crippen molar-refractivity contribution in [3.8, 4) is 11.1 Å². The van der Waals surface area contributed by atoms with Gasteiger partial charge >= 0.3 is 12.1 Å². The minimum Gasteiger partial charge on any atom is -0.481 e. The van der Waals surface area contributed by atoms with E-state index in [4.69, 9.17) is 4.74 Å². The van der Waals surface area contributed by atoms with Crippen molar-refractivity contribution in [1.29, 1.82) is 0 Å². The average molecular weight is 475 g/mol. The van der Waals surface area contributed by atoms with E-state index in [1.54, 1.807) is 0 Å². The molecule has 3 saturated carbocycles. The van der Waals surface area contributed by atoms with E-state index in [0.29, 0.717) is 19.3 Å². The van der Waals surface area contributed by atoms with Crippen molar-refractivity contribution in [3.63, 3.8) is 0 Å². The third-order valence-electron chi connectivity index (χ3n) is 8.88. The van der Waals surface area contributed by atoms with E-state index in [9.17, 15) is 19.5 Å². The van der Waals surface area contributed by atoms with Gasteiger partial charge in [0.25, 0.3) is 0 Å². The van der Waals surface area contributed by atoms with Crippen LogP contribution in [0.15, 0.2) is 48.5 Å². The Bertz CT molecular complexity index is 1160. The lowest BCUT2D eigenvalue weighted by Gasteiger charge is -2.38. The summed E-state index contributed by atoms with van der Waals surface area (Å²) in [7, 11) is 0. The summed E-state index contributed by atoms with van der Waals surface area (Å²) in [5, 5.41) is 15.4. The van der Waals surface area contributed by atoms with Crippen LogP contribution < -0.4 is 10.6 Å². The highest BCUT2D eigenvalue weighted by atomic mass is 16.5. The molecular weight excluding hydrogens is 444 g/mol. The monoisotopic (exact) mass is 474 g/mol. The minimum absolute atomic E-state index is 0.00955. The zero-order valence-electron chi connectivity index (χ0n) is 19.6. The van der Waals surface area contributed by atoms with Crippen molar-refractivity contribution < 1.29 is 24.2 Å². The second kappa shape index (κ2) is 8.11. The Labute approximate surface area is 204 Å². The quantitative estimate of drug-likeness (QED) is 0.561. The number of carbonyl (C=O) groups excluding carboxylic acids is 2. The Morgan fingerprint density at radius 2 is 1.63 bits per heavy atom. The maximum absolute atomic E-state index is 12.9. The van der Waals surface area contributed by atoms with Crippen molar-refractivity contribution in [2.75, 3.05) is 13.2 Å². The van der Waals surface area contributed by atoms with E-state index < -0.39 is 22.9 Å². The number of amides is 2. The first-order valence-corrected chi connectivity index (χ1v) is 12.6. The molecule has 3 fully saturated rings. The third-order valence-corrected chi connectivity index (χ3v) is 8.88. The van der Waals surface area contributed by atoms with Crippen LogP contribution in [0.25, 0.3) is 11.1 Å². The zero-order valence-corrected chi connectivity index (χ0v) is 19.6. The van der Waals surface area contributed by atoms with Gasteiger partial charge in [0.05, 0.1) is 10.8 Å². The highest BCUT2D eigenvalue weighted by Crippen LogP contribution is 2.63. The smallest absolute Gasteiger partial charge is 0.407 e. The second-order valence-corrected chi connectivity index (χ2v) is 10.8. The molecule has 182 valence electrons. The topological polar surface area (TPSA) is 105 Å². The molecule has 7 nitrogen and oxygen atoms in total. The molecule has 2 amide bonds. The van der Waals surface area contributed by atoms with Gasteiger partial charge in [0.1, 0.15) is 6.61 Å². The van der Waals surface area contributed by atoms with Crippen LogP contribution in [0.4, 0.5) is 4.79 Å². The van der Waals surface area contributed by atoms with Gasteiger partial charge < -0.3 is 20.5 Å². The van der Waals surface area contributed by atoms with Crippen LogP contribution in [0.2, 0.25) is 0 Å². The predicted molar refractivity (Wildman–Crippen MR) is 129 cm³/mol. The summed E-state index contributed by atoms with van der Waals surface area (Å²) in [6.07, 6.45) is 3.81. The van der Waals surface area contributed by atoms with Crippen LogP contribution >= 0.6 is 0 Å². The van der Waals surface area contributed by atoms with Gasteiger partial charge in [-0.05, 0) is 60.3 Å². The van der Waals surface area contributed by atoms with Crippen molar-refractivity contribution in [1.82, 2.24) is 10.6 Å². The molecule has 2 aromatic rings. The third kappa shape index (κ3) is 3.60. The Morgan fingerprint density at radius 3 is 2.23 bits per heavy atom. The first kappa shape index (κ1) is 22.1. The van der Waals surface area contributed by atoms with Crippen molar-refractivity contribution >= 4 is 18.0 Å². The van der Waals surface area contributed by atoms with Gasteiger partial charge in [-0.2, -0.15) is 0 Å². The number of nitrogens with one attached hydrogen (secondary N) is 2. The van der Waals surface area contributed by atoms with Gasteiger partial charge in [0.2, 0.25) is 5.91 Å². The number of hydrogen-bond acceptors (Lipinski definition) is 4. The van der Waals surface area contributed by atoms with E-state index in [1.807, 2.05) is 24.3 Å². The Hall–Kier alpha value is -3.35. The van der Waals surface area contributed by atoms with E-state index in [-0.39, 0.29) is 36.9 Å². The SMILES string of the molecule is O=C(N[C@@H]1C[C@H]2C[C@@]2(C(=O)NCC2(C(=O)O)CCC2)C1)OCC1c2ccccc2-c2ccccc21. The molecule has 0 saturated heterocycles. The molecule has 35 heavy (non-hydrogen) atoms. The molecule has 0 unspecified atom stereocenters. The van der Waals surface area contributed by atoms with Crippen LogP contribution in [-0.2, 0) is 14.3 Å². The number of fused-ring (bicyclic) bond motifs is 4. The molecule has 4 aliphatic rings. The molecule has 4 aliphatic carbocycles. The van der Waals surface area contributed by atoms with Crippen molar-refractivity contribution in [2.24, 2.45) is 16.7 Å². The maximum Gasteiger partial charge on any atom is 0.407 e. The van der Waals surface area contributed by atoms with Gasteiger partial charge in [-0.3, -0.25) is 9.59 Å². The lowest BCUT2D eigenvalue weighted by Crippen LogP contribution is -2.49. The summed E-state index contributed by atoms with van der Waals surface area (Å²) in [5.41, 5.74) is 3.45. The van der Waals surface area contributed by atoms with E-state index in [2.05, 4.69) is 34.9 Å². The number of carboxylic acid groups (broad SMARTS) is 1. The van der Waals surface area contributed by atoms with Gasteiger partial charge in [-0.25, -0.2) is 4.79 Å². The highest BCUT2D eigenvalue weighted by molar-refractivity contribution is 5.87. The highest BCUT2D eigenvalue weighted by Gasteiger charge is 2.65. The first-order chi connectivity index (χ1) is 16.9. The molecule has 3 atom stereocenters. The second-order valence-electron chi connectivity index (χ2n) is 10.8. The Morgan fingerprint density at radius 1 is 0.971 bits per heavy atom. The van der Waals surface area contributed by atoms with E-state index in [1.165, 1.54) is 22.3 Å². The fraction of sp³-hybridized carbons (Fsp3) is 0.464. The predicted octanol–water partition coefficient (Wildman–Crippen LogP) is 4.06. The van der Waals surface area contributed by atoms with Crippen molar-refractivity contribution in [3.05, 3.63) is 59.7 Å². The summed E-state index contributed by atoms with van der Waals surface area (Å²) in [5.74, 6) is -0.638. The van der Waals surface area contributed by atoms with Gasteiger partial charge in [-0.15, -0.1) is 0 Å². The lowest BCUT2D eigenvalue weighted by atomic mass is 9.68. The molecule has 7 heteroatoms. The van der Waals surface area contributed by atoms with Gasteiger partial charge in [0, 0.05) is 18.5 Å². The van der Waals surface area contributed by atoms with Crippen LogP contribution in [0.3, 0.4) is 0 Å². The van der Waals surface area contributed by atoms with Crippen LogP contribution in [0, 0.1) is 16.7 Å². The van der Waals surface area contributed by atoms with E-state index in [0.717, 1.165) is 19.3 Å². The molecule has 0 aliphatic heterocycles. The maximum atomic E-state index is 12.9. The molecule has 0 radical (unpaired) electrons. The van der Waals surface area contributed by atoms with Crippen molar-refractivity contribution in [2.45, 2.75) is 50.5 Å². The fourth-order valence-corrected chi connectivity index (χ4v) is 6.59. The average Bonchev–Trinajstić information content (AvgIpc) is 3.25. The van der Waals surface area contributed by atoms with Crippen LogP contribution in [0.1, 0.15) is 55.6 Å². The minimum atomic E-state index is -0.824. The van der Waals surface area contributed by atoms with Crippen LogP contribution in [-0.4, -0.2) is 42.3 Å². The van der Waals surface area contributed by atoms with E-state index >= 15 is 0 Å². The number of carbonyl (C=O) groups is 3. The molecule has 2 aromatic carbocycles. The number of ether oxygens (including phenoxy) is 1. The summed E-state index contributed by atoms with van der Waals surface area (Å²) in [6, 6.07) is 16.4. The number of alkyl carbamates (subject to hydrolysis) is 1. The molecule has 3 N–H and O–H groups in total. The first-order valence-electron chi connectivity index (χ1n) is 12.6. The molecular formula is C28H30N2O5. The summed E-state index contributed by atoms with van der Waals surface area (Å²) < 4.78 is 5.67. The summed E-state index contributed by atoms with van der Waals surface area (Å²) >= 11 is 0. The molecule has 6 rings (SSSR count). The fourth-order valence-electron chi connectivity index (χ4n) is 6.59. The number of aliphatic carboxylic acids is 1. The molecule has 0 bridgehead atoms. The molecule has 0 heterocycles. The Balaban J connectivity index is 1.03. The number of carboxylic acids is 1. The zero-order chi connectivity index (χ0) is 24.2.